The van der Waals surface area contributed by atoms with Gasteiger partial charge in [-0.2, -0.15) is 0 Å². The number of aliphatic hydroxyl groups excluding tert-OH is 1. The third-order valence-electron chi connectivity index (χ3n) is 11.5. The summed E-state index contributed by atoms with van der Waals surface area (Å²) in [5.41, 5.74) is -5.22. The van der Waals surface area contributed by atoms with Gasteiger partial charge in [0.05, 0.1) is 16.9 Å². The van der Waals surface area contributed by atoms with Gasteiger partial charge >= 0.3 is 0 Å². The standard InChI is InChI=1S/C33H42O5/c1-18(2)14-15-31-16-22-23-25(35)29(5,6)21(19(3)4)17-32(23,26(31)36)28(38)33(27(31)37,30(22,7)8)24(34)20-12-10-9-11-13-20/h9-14,19,21-23,25,35H,15-17H2,1-8H3/t21-,22-,23-,25-,31+,32?,33+/m1/s1. The van der Waals surface area contributed by atoms with Crippen LogP contribution in [0.15, 0.2) is 42.0 Å². The fraction of sp³-hybridized carbons (Fsp3) is 0.636. The topological polar surface area (TPSA) is 88.5 Å². The molecular formula is C33H42O5. The van der Waals surface area contributed by atoms with Crippen molar-refractivity contribution >= 4 is 23.1 Å². The van der Waals surface area contributed by atoms with E-state index >= 15 is 4.79 Å². The largest absolute Gasteiger partial charge is 0.392 e. The number of carbonyl (C=O) groups is 4. The molecule has 0 saturated heterocycles. The summed E-state index contributed by atoms with van der Waals surface area (Å²) in [4.78, 5) is 59.4. The van der Waals surface area contributed by atoms with Gasteiger partial charge in [0.15, 0.2) is 28.5 Å². The van der Waals surface area contributed by atoms with Crippen LogP contribution in [0.2, 0.25) is 0 Å². The molecule has 1 aromatic carbocycles. The highest BCUT2D eigenvalue weighted by molar-refractivity contribution is 6.42. The van der Waals surface area contributed by atoms with Crippen LogP contribution in [0.3, 0.4) is 0 Å². The van der Waals surface area contributed by atoms with Crippen molar-refractivity contribution in [2.24, 2.45) is 50.7 Å². The average molecular weight is 519 g/mol. The monoisotopic (exact) mass is 518 g/mol. The summed E-state index contributed by atoms with van der Waals surface area (Å²) >= 11 is 0. The average Bonchev–Trinajstić information content (AvgIpc) is 2.84. The number of ketones is 4. The zero-order valence-electron chi connectivity index (χ0n) is 24.1. The highest BCUT2D eigenvalue weighted by Crippen LogP contribution is 2.78. The van der Waals surface area contributed by atoms with Gasteiger partial charge in [0.25, 0.3) is 0 Å². The Hall–Kier alpha value is -2.40. The van der Waals surface area contributed by atoms with Gasteiger partial charge in [-0.3, -0.25) is 19.2 Å². The zero-order chi connectivity index (χ0) is 28.2. The van der Waals surface area contributed by atoms with Gasteiger partial charge in [0.1, 0.15) is 0 Å². The number of carbonyl (C=O) groups excluding carboxylic acids is 4. The highest BCUT2D eigenvalue weighted by atomic mass is 16.3. The van der Waals surface area contributed by atoms with Crippen molar-refractivity contribution in [2.45, 2.75) is 80.8 Å². The Morgan fingerprint density at radius 1 is 0.974 bits per heavy atom. The van der Waals surface area contributed by atoms with Gasteiger partial charge in [-0.1, -0.05) is 83.5 Å². The number of Topliss-reactive ketones (excluding diaryl/α,β-unsaturated/α-hetero) is 4. The Balaban J connectivity index is 1.86. The Labute approximate surface area is 226 Å². The van der Waals surface area contributed by atoms with Crippen molar-refractivity contribution in [3.63, 3.8) is 0 Å². The first-order valence-electron chi connectivity index (χ1n) is 14.1. The highest BCUT2D eigenvalue weighted by Gasteiger charge is 2.89. The van der Waals surface area contributed by atoms with E-state index in [0.717, 1.165) is 5.57 Å². The Bertz CT molecular complexity index is 1270. The lowest BCUT2D eigenvalue weighted by atomic mass is 9.24. The van der Waals surface area contributed by atoms with Crippen LogP contribution in [0.1, 0.15) is 85.0 Å². The number of rotatable bonds is 5. The van der Waals surface area contributed by atoms with Crippen molar-refractivity contribution in [1.29, 1.82) is 0 Å². The van der Waals surface area contributed by atoms with E-state index < -0.39 is 56.4 Å². The molecule has 5 nitrogen and oxygen atoms in total. The van der Waals surface area contributed by atoms with Crippen molar-refractivity contribution in [1.82, 2.24) is 0 Å². The molecule has 38 heavy (non-hydrogen) atoms. The maximum absolute atomic E-state index is 15.1. The number of hydrogen-bond acceptors (Lipinski definition) is 5. The number of aliphatic hydroxyl groups is 1. The molecular weight excluding hydrogens is 476 g/mol. The molecule has 5 heteroatoms. The number of benzene rings is 1. The molecule has 6 rings (SSSR count). The van der Waals surface area contributed by atoms with E-state index in [4.69, 9.17) is 0 Å². The normalized spacial score (nSPS) is 40.3. The number of allylic oxidation sites excluding steroid dienone is 2. The molecule has 4 bridgehead atoms. The van der Waals surface area contributed by atoms with Gasteiger partial charge in [0, 0.05) is 11.5 Å². The minimum absolute atomic E-state index is 0.104. The molecule has 5 aliphatic rings. The van der Waals surface area contributed by atoms with Crippen LogP contribution >= 0.6 is 0 Å². The molecule has 1 unspecified atom stereocenters. The molecule has 1 aromatic rings. The third kappa shape index (κ3) is 2.82. The zero-order valence-corrected chi connectivity index (χ0v) is 24.1. The minimum atomic E-state index is -1.96. The van der Waals surface area contributed by atoms with Gasteiger partial charge in [0.2, 0.25) is 0 Å². The smallest absolute Gasteiger partial charge is 0.184 e. The summed E-state index contributed by atoms with van der Waals surface area (Å²) in [7, 11) is 0. The second-order valence-corrected chi connectivity index (χ2v) is 14.4. The van der Waals surface area contributed by atoms with E-state index in [-0.39, 0.29) is 42.8 Å². The number of hydrogen-bond donors (Lipinski definition) is 1. The predicted octanol–water partition coefficient (Wildman–Crippen LogP) is 5.64. The Kier molecular flexibility index (Phi) is 5.77. The summed E-state index contributed by atoms with van der Waals surface area (Å²) in [6.45, 7) is 15.8. The second kappa shape index (κ2) is 8.06. The maximum atomic E-state index is 15.1. The van der Waals surface area contributed by atoms with Crippen molar-refractivity contribution < 1.29 is 24.3 Å². The molecule has 0 aliphatic heterocycles. The Morgan fingerprint density at radius 2 is 1.58 bits per heavy atom. The third-order valence-corrected chi connectivity index (χ3v) is 11.5. The van der Waals surface area contributed by atoms with Crippen LogP contribution < -0.4 is 0 Å². The SMILES string of the molecule is CC(C)=CC[C@]12C[C@@H]3[C@@H]4[C@@H](O)C(C)(C)[C@@H](C(C)C)CC4(C1=O)C(=O)[C@](C(=O)c1ccccc1)(C2=O)C3(C)C. The van der Waals surface area contributed by atoms with Crippen LogP contribution in [0.4, 0.5) is 0 Å². The molecule has 1 spiro atoms. The summed E-state index contributed by atoms with van der Waals surface area (Å²) < 4.78 is 0. The molecule has 1 N–H and O–H groups in total. The first-order chi connectivity index (χ1) is 17.6. The summed E-state index contributed by atoms with van der Waals surface area (Å²) in [6.07, 6.45) is 1.74. The van der Waals surface area contributed by atoms with Crippen LogP contribution in [-0.4, -0.2) is 34.3 Å². The fourth-order valence-electron chi connectivity index (χ4n) is 9.48. The van der Waals surface area contributed by atoms with Crippen LogP contribution in [0.5, 0.6) is 0 Å². The van der Waals surface area contributed by atoms with E-state index in [1.807, 2.05) is 47.6 Å². The van der Waals surface area contributed by atoms with Crippen LogP contribution in [0, 0.1) is 50.7 Å². The predicted molar refractivity (Wildman–Crippen MR) is 145 cm³/mol. The lowest BCUT2D eigenvalue weighted by molar-refractivity contribution is -0.249. The van der Waals surface area contributed by atoms with E-state index in [2.05, 4.69) is 13.8 Å². The molecule has 0 aromatic heterocycles. The molecule has 204 valence electrons. The first kappa shape index (κ1) is 27.2. The molecule has 5 saturated carbocycles. The molecule has 5 fully saturated rings. The van der Waals surface area contributed by atoms with Gasteiger partial charge < -0.3 is 5.11 Å². The van der Waals surface area contributed by atoms with Crippen LogP contribution in [-0.2, 0) is 14.4 Å². The van der Waals surface area contributed by atoms with E-state index in [9.17, 15) is 19.5 Å². The summed E-state index contributed by atoms with van der Waals surface area (Å²) in [5.74, 6) is -2.87. The van der Waals surface area contributed by atoms with Crippen LogP contribution in [0.25, 0.3) is 0 Å². The van der Waals surface area contributed by atoms with Crippen molar-refractivity contribution in [2.75, 3.05) is 0 Å². The molecule has 0 heterocycles. The van der Waals surface area contributed by atoms with Gasteiger partial charge in [-0.25, -0.2) is 0 Å². The fourth-order valence-corrected chi connectivity index (χ4v) is 9.48. The van der Waals surface area contributed by atoms with E-state index in [1.165, 1.54) is 0 Å². The maximum Gasteiger partial charge on any atom is 0.184 e. The van der Waals surface area contributed by atoms with Crippen molar-refractivity contribution in [3.8, 4) is 0 Å². The van der Waals surface area contributed by atoms with E-state index in [1.54, 1.807) is 30.3 Å². The summed E-state index contributed by atoms with van der Waals surface area (Å²) in [6, 6.07) is 8.60. The van der Waals surface area contributed by atoms with Gasteiger partial charge in [-0.05, 0) is 61.7 Å². The molecule has 7 atom stereocenters. The van der Waals surface area contributed by atoms with E-state index in [0.29, 0.717) is 5.56 Å². The molecule has 5 aliphatic carbocycles. The summed E-state index contributed by atoms with van der Waals surface area (Å²) in [5, 5.41) is 12.0. The second-order valence-electron chi connectivity index (χ2n) is 14.4. The lowest BCUT2D eigenvalue weighted by Gasteiger charge is -2.74. The Morgan fingerprint density at radius 3 is 2.13 bits per heavy atom. The molecule has 0 radical (unpaired) electrons. The lowest BCUT2D eigenvalue weighted by Crippen LogP contribution is -2.86. The van der Waals surface area contributed by atoms with Crippen molar-refractivity contribution in [3.05, 3.63) is 47.5 Å². The molecule has 0 amide bonds. The van der Waals surface area contributed by atoms with Gasteiger partial charge in [-0.15, -0.1) is 0 Å². The minimum Gasteiger partial charge on any atom is -0.392 e. The first-order valence-corrected chi connectivity index (χ1v) is 14.1. The quantitative estimate of drug-likeness (QED) is 0.309.